The van der Waals surface area contributed by atoms with Crippen LogP contribution in [0.2, 0.25) is 0 Å². The summed E-state index contributed by atoms with van der Waals surface area (Å²) in [5.74, 6) is 1.34. The van der Waals surface area contributed by atoms with Crippen molar-refractivity contribution < 1.29 is 4.74 Å². The zero-order valence-electron chi connectivity index (χ0n) is 15.7. The van der Waals surface area contributed by atoms with Gasteiger partial charge in [0.15, 0.2) is 0 Å². The van der Waals surface area contributed by atoms with E-state index >= 15 is 0 Å². The van der Waals surface area contributed by atoms with Crippen LogP contribution in [0.4, 0.5) is 0 Å². The Labute approximate surface area is 150 Å². The highest BCUT2D eigenvalue weighted by Crippen LogP contribution is 2.30. The van der Waals surface area contributed by atoms with Crippen LogP contribution >= 0.6 is 0 Å². The summed E-state index contributed by atoms with van der Waals surface area (Å²) in [6.07, 6.45) is 2.21. The summed E-state index contributed by atoms with van der Waals surface area (Å²) in [5, 5.41) is 4.60. The predicted octanol–water partition coefficient (Wildman–Crippen LogP) is 5.76. The number of aryl methyl sites for hydroxylation is 1. The van der Waals surface area contributed by atoms with E-state index in [1.807, 2.05) is 49.8 Å². The average molecular weight is 334 g/mol. The van der Waals surface area contributed by atoms with E-state index < -0.39 is 0 Å². The van der Waals surface area contributed by atoms with E-state index in [0.717, 1.165) is 17.1 Å². The normalized spacial score (nSPS) is 11.3. The molecule has 0 aliphatic carbocycles. The van der Waals surface area contributed by atoms with Crippen LogP contribution < -0.4 is 4.74 Å². The number of rotatable bonds is 5. The van der Waals surface area contributed by atoms with E-state index in [1.54, 1.807) is 0 Å². The van der Waals surface area contributed by atoms with Gasteiger partial charge < -0.3 is 4.74 Å². The maximum absolute atomic E-state index is 5.74. The number of ether oxygens (including phenoxy) is 1. The topological polar surface area (TPSA) is 27.1 Å². The Bertz CT molecular complexity index is 845. The third-order valence-electron chi connectivity index (χ3n) is 4.18. The molecule has 0 fully saturated rings. The molecule has 2 aromatic carbocycles. The van der Waals surface area contributed by atoms with Crippen molar-refractivity contribution in [2.24, 2.45) is 0 Å². The molecule has 0 unspecified atom stereocenters. The lowest BCUT2D eigenvalue weighted by Gasteiger charge is -2.15. The van der Waals surface area contributed by atoms with Gasteiger partial charge in [0.1, 0.15) is 5.75 Å². The van der Waals surface area contributed by atoms with Crippen LogP contribution in [0.1, 0.15) is 44.9 Å². The lowest BCUT2D eigenvalue weighted by Crippen LogP contribution is -2.05. The summed E-state index contributed by atoms with van der Waals surface area (Å²) in [7, 11) is 0. The lowest BCUT2D eigenvalue weighted by atomic mass is 9.96. The average Bonchev–Trinajstić information content (AvgIpc) is 3.01. The molecule has 0 aliphatic heterocycles. The molecule has 3 rings (SSSR count). The van der Waals surface area contributed by atoms with E-state index in [-0.39, 0.29) is 6.10 Å². The monoisotopic (exact) mass is 334 g/mol. The number of benzene rings is 2. The van der Waals surface area contributed by atoms with Crippen LogP contribution in [0, 0.1) is 6.92 Å². The largest absolute Gasteiger partial charge is 0.491 e. The van der Waals surface area contributed by atoms with Gasteiger partial charge in [0.2, 0.25) is 0 Å². The van der Waals surface area contributed by atoms with Gasteiger partial charge in [0, 0.05) is 6.20 Å². The van der Waals surface area contributed by atoms with E-state index in [1.165, 1.54) is 16.7 Å². The molecular formula is C22H26N2O. The summed E-state index contributed by atoms with van der Waals surface area (Å²) in [5.41, 5.74) is 5.82. The van der Waals surface area contributed by atoms with Crippen LogP contribution in [-0.4, -0.2) is 15.9 Å². The quantitative estimate of drug-likeness (QED) is 0.593. The highest BCUT2D eigenvalue weighted by atomic mass is 16.5. The fourth-order valence-electron chi connectivity index (χ4n) is 2.96. The zero-order chi connectivity index (χ0) is 18.0. The Kier molecular flexibility index (Phi) is 4.93. The van der Waals surface area contributed by atoms with Crippen LogP contribution in [0.3, 0.4) is 0 Å². The fraction of sp³-hybridized carbons (Fsp3) is 0.318. The first-order valence-corrected chi connectivity index (χ1v) is 8.87. The Morgan fingerprint density at radius 3 is 2.12 bits per heavy atom. The second-order valence-electron chi connectivity index (χ2n) is 7.02. The molecule has 0 saturated carbocycles. The first-order chi connectivity index (χ1) is 11.9. The van der Waals surface area contributed by atoms with Crippen molar-refractivity contribution in [3.63, 3.8) is 0 Å². The summed E-state index contributed by atoms with van der Waals surface area (Å²) >= 11 is 0. The molecule has 0 atom stereocenters. The Hall–Kier alpha value is -2.55. The van der Waals surface area contributed by atoms with Gasteiger partial charge >= 0.3 is 0 Å². The predicted molar refractivity (Wildman–Crippen MR) is 104 cm³/mol. The van der Waals surface area contributed by atoms with Crippen LogP contribution in [0.5, 0.6) is 5.75 Å². The highest BCUT2D eigenvalue weighted by Gasteiger charge is 2.11. The second-order valence-corrected chi connectivity index (χ2v) is 7.02. The summed E-state index contributed by atoms with van der Waals surface area (Å²) in [6.45, 7) is 10.5. The molecule has 0 radical (unpaired) electrons. The molecule has 3 aromatic rings. The van der Waals surface area contributed by atoms with Crippen LogP contribution in [0.25, 0.3) is 16.8 Å². The highest BCUT2D eigenvalue weighted by molar-refractivity contribution is 5.68. The fourth-order valence-corrected chi connectivity index (χ4v) is 2.96. The zero-order valence-corrected chi connectivity index (χ0v) is 15.7. The van der Waals surface area contributed by atoms with Crippen molar-refractivity contribution in [3.8, 4) is 22.6 Å². The number of nitrogens with zero attached hydrogens (tertiary/aromatic N) is 2. The molecule has 3 heteroatoms. The van der Waals surface area contributed by atoms with Crippen molar-refractivity contribution in [2.45, 2.75) is 46.6 Å². The third kappa shape index (κ3) is 3.93. The maximum Gasteiger partial charge on any atom is 0.119 e. The minimum absolute atomic E-state index is 0.186. The van der Waals surface area contributed by atoms with Gasteiger partial charge in [-0.1, -0.05) is 38.1 Å². The first-order valence-electron chi connectivity index (χ1n) is 8.87. The molecule has 0 spiro atoms. The van der Waals surface area contributed by atoms with Crippen molar-refractivity contribution >= 4 is 0 Å². The van der Waals surface area contributed by atoms with Crippen LogP contribution in [0.15, 0.2) is 54.7 Å². The van der Waals surface area contributed by atoms with Crippen molar-refractivity contribution in [1.82, 2.24) is 9.78 Å². The van der Waals surface area contributed by atoms with Gasteiger partial charge in [-0.15, -0.1) is 0 Å². The molecule has 0 aliphatic rings. The smallest absolute Gasteiger partial charge is 0.119 e. The minimum Gasteiger partial charge on any atom is -0.491 e. The van der Waals surface area contributed by atoms with Crippen molar-refractivity contribution in [3.05, 3.63) is 66.0 Å². The minimum atomic E-state index is 0.186. The van der Waals surface area contributed by atoms with Crippen molar-refractivity contribution in [2.75, 3.05) is 0 Å². The summed E-state index contributed by atoms with van der Waals surface area (Å²) in [4.78, 5) is 0. The third-order valence-corrected chi connectivity index (χ3v) is 4.18. The van der Waals surface area contributed by atoms with E-state index in [0.29, 0.717) is 5.92 Å². The van der Waals surface area contributed by atoms with Gasteiger partial charge in [0.05, 0.1) is 17.5 Å². The maximum atomic E-state index is 5.74. The van der Waals surface area contributed by atoms with E-state index in [9.17, 15) is 0 Å². The first kappa shape index (κ1) is 17.3. The molecule has 0 bridgehead atoms. The van der Waals surface area contributed by atoms with Gasteiger partial charge in [0.25, 0.3) is 0 Å². The molecular weight excluding hydrogens is 308 g/mol. The van der Waals surface area contributed by atoms with Crippen LogP contribution in [-0.2, 0) is 0 Å². The molecule has 0 amide bonds. The molecule has 130 valence electrons. The SMILES string of the molecule is Cc1ccn(-c2cc(-c3ccc(OC(C)C)cc3)ccc2C(C)C)n1. The number of hydrogen-bond donors (Lipinski definition) is 0. The van der Waals surface area contributed by atoms with Gasteiger partial charge in [-0.3, -0.25) is 0 Å². The van der Waals surface area contributed by atoms with Crippen molar-refractivity contribution in [1.29, 1.82) is 0 Å². The molecule has 25 heavy (non-hydrogen) atoms. The van der Waals surface area contributed by atoms with Gasteiger partial charge in [-0.2, -0.15) is 5.10 Å². The molecule has 3 nitrogen and oxygen atoms in total. The number of hydrogen-bond acceptors (Lipinski definition) is 2. The van der Waals surface area contributed by atoms with Gasteiger partial charge in [-0.25, -0.2) is 4.68 Å². The van der Waals surface area contributed by atoms with E-state index in [2.05, 4.69) is 49.3 Å². The molecule has 1 heterocycles. The summed E-state index contributed by atoms with van der Waals surface area (Å²) in [6, 6.07) is 16.9. The summed E-state index contributed by atoms with van der Waals surface area (Å²) < 4.78 is 7.71. The molecule has 1 aromatic heterocycles. The van der Waals surface area contributed by atoms with Gasteiger partial charge in [-0.05, 0) is 67.6 Å². The molecule has 0 saturated heterocycles. The molecule has 0 N–H and O–H groups in total. The van der Waals surface area contributed by atoms with E-state index in [4.69, 9.17) is 4.74 Å². The number of aromatic nitrogens is 2. The standard InChI is InChI=1S/C22H26N2O/c1-15(2)21-11-8-19(14-22(21)24-13-12-17(5)23-24)18-6-9-20(10-7-18)25-16(3)4/h6-16H,1-5H3. The Morgan fingerprint density at radius 1 is 0.880 bits per heavy atom. The Balaban J connectivity index is 2.00. The Morgan fingerprint density at radius 2 is 1.56 bits per heavy atom. The second kappa shape index (κ2) is 7.14. The lowest BCUT2D eigenvalue weighted by molar-refractivity contribution is 0.242.